The number of unbranched alkanes of at least 4 members (excludes halogenated alkanes) is 1. The Morgan fingerprint density at radius 1 is 1.24 bits per heavy atom. The summed E-state index contributed by atoms with van der Waals surface area (Å²) in [6.07, 6.45) is 2.77. The van der Waals surface area contributed by atoms with Crippen molar-refractivity contribution in [2.24, 2.45) is 4.99 Å². The number of nitrogens with two attached hydrogens (primary N) is 1. The third-order valence-corrected chi connectivity index (χ3v) is 6.00. The third kappa shape index (κ3) is 5.17. The van der Waals surface area contributed by atoms with E-state index in [2.05, 4.69) is 38.8 Å². The van der Waals surface area contributed by atoms with E-state index in [0.717, 1.165) is 47.1 Å². The first-order valence-corrected chi connectivity index (χ1v) is 12.7. The van der Waals surface area contributed by atoms with Crippen LogP contribution in [0.5, 0.6) is 5.75 Å². The Bertz CT molecular complexity index is 1460. The van der Waals surface area contributed by atoms with Gasteiger partial charge in [-0.05, 0) is 42.4 Å². The highest BCUT2D eigenvalue weighted by molar-refractivity contribution is 7.78. The lowest BCUT2D eigenvalue weighted by molar-refractivity contribution is 0.282. The number of nitrogens with zero attached hydrogens (tertiary/aromatic N) is 4. The molecule has 176 valence electrons. The van der Waals surface area contributed by atoms with E-state index in [0.29, 0.717) is 23.4 Å². The summed E-state index contributed by atoms with van der Waals surface area (Å²) in [5, 5.41) is 3.23. The van der Waals surface area contributed by atoms with Gasteiger partial charge in [0, 0.05) is 23.9 Å². The normalized spacial score (nSPS) is 11.6. The molecule has 4 rings (SSSR count). The average Bonchev–Trinajstić information content (AvgIpc) is 3.16. The van der Waals surface area contributed by atoms with Gasteiger partial charge in [-0.25, -0.2) is 19.5 Å². The van der Waals surface area contributed by atoms with Crippen molar-refractivity contribution in [3.05, 3.63) is 59.4 Å². The summed E-state index contributed by atoms with van der Waals surface area (Å²) in [5.74, 6) is 1.33. The number of hydrogen-bond acceptors (Lipinski definition) is 7. The van der Waals surface area contributed by atoms with Gasteiger partial charge in [-0.2, -0.15) is 0 Å². The molecule has 0 aliphatic carbocycles. The van der Waals surface area contributed by atoms with Crippen molar-refractivity contribution in [1.82, 2.24) is 14.5 Å². The van der Waals surface area contributed by atoms with Crippen LogP contribution in [0, 0.1) is 0 Å². The predicted octanol–water partition coefficient (Wildman–Crippen LogP) is 4.63. The van der Waals surface area contributed by atoms with Crippen molar-refractivity contribution >= 4 is 53.0 Å². The molecule has 0 saturated carbocycles. The standard InChI is InChI=1S/C23H24N5O4PS/c1-2-3-8-20-27-21-22(17-6-4-5-7-18(17)26-23(21)24)28(20)13-15-9-10-19(32-33(29,30)31)16(11-15)12-25-14-34/h4-7,9-11H,2-3,8,12-13H2,1H3,(H2,24,26)(H2,29,30,31). The Labute approximate surface area is 201 Å². The van der Waals surface area contributed by atoms with Crippen LogP contribution >= 0.6 is 20.0 Å². The number of rotatable bonds is 9. The first-order valence-electron chi connectivity index (χ1n) is 10.7. The second-order valence-corrected chi connectivity index (χ2v) is 9.21. The number of anilines is 1. The maximum atomic E-state index is 11.4. The van der Waals surface area contributed by atoms with E-state index in [-0.39, 0.29) is 12.3 Å². The molecular formula is C23H24N5O4PS. The van der Waals surface area contributed by atoms with E-state index in [1.165, 1.54) is 6.07 Å². The summed E-state index contributed by atoms with van der Waals surface area (Å²) < 4.78 is 18.4. The predicted molar refractivity (Wildman–Crippen MR) is 135 cm³/mol. The van der Waals surface area contributed by atoms with Gasteiger partial charge in [0.15, 0.2) is 5.82 Å². The molecule has 4 N–H and O–H groups in total. The van der Waals surface area contributed by atoms with E-state index in [9.17, 15) is 14.4 Å². The maximum absolute atomic E-state index is 11.4. The Morgan fingerprint density at radius 3 is 2.76 bits per heavy atom. The van der Waals surface area contributed by atoms with E-state index in [1.54, 1.807) is 12.1 Å². The van der Waals surface area contributed by atoms with Gasteiger partial charge in [-0.1, -0.05) is 37.6 Å². The van der Waals surface area contributed by atoms with Crippen molar-refractivity contribution in [3.63, 3.8) is 0 Å². The number of phosphoric acid groups is 1. The summed E-state index contributed by atoms with van der Waals surface area (Å²) in [4.78, 5) is 31.8. The number of fused-ring (bicyclic) bond motifs is 3. The van der Waals surface area contributed by atoms with Crippen molar-refractivity contribution in [2.45, 2.75) is 39.3 Å². The molecule has 0 aliphatic heterocycles. The summed E-state index contributed by atoms with van der Waals surface area (Å²) >= 11 is 4.66. The molecule has 9 nitrogen and oxygen atoms in total. The zero-order chi connectivity index (χ0) is 24.3. The second kappa shape index (κ2) is 10.0. The monoisotopic (exact) mass is 497 g/mol. The van der Waals surface area contributed by atoms with Crippen LogP contribution < -0.4 is 10.3 Å². The molecule has 0 spiro atoms. The van der Waals surface area contributed by atoms with Crippen molar-refractivity contribution < 1.29 is 18.9 Å². The zero-order valence-electron chi connectivity index (χ0n) is 18.5. The average molecular weight is 498 g/mol. The quantitative estimate of drug-likeness (QED) is 0.173. The Hall–Kier alpha value is -3.13. The molecule has 0 amide bonds. The lowest BCUT2D eigenvalue weighted by atomic mass is 10.1. The summed E-state index contributed by atoms with van der Waals surface area (Å²) in [7, 11) is -4.73. The molecule has 2 aromatic carbocycles. The SMILES string of the molecule is CCCCc1nc2c(N)nc3ccccc3c2n1Cc1ccc(OP(=O)(O)O)c(CN=C=S)c1. The number of thiocarbonyl (C=S) groups is 1. The highest BCUT2D eigenvalue weighted by Gasteiger charge is 2.20. The van der Waals surface area contributed by atoms with Crippen molar-refractivity contribution in [3.8, 4) is 5.75 Å². The lowest BCUT2D eigenvalue weighted by Crippen LogP contribution is -2.07. The Morgan fingerprint density at radius 2 is 2.03 bits per heavy atom. The smallest absolute Gasteiger partial charge is 0.404 e. The van der Waals surface area contributed by atoms with E-state index in [1.807, 2.05) is 24.3 Å². The molecule has 0 radical (unpaired) electrons. The van der Waals surface area contributed by atoms with Gasteiger partial charge in [-0.15, -0.1) is 0 Å². The minimum atomic E-state index is -4.73. The zero-order valence-corrected chi connectivity index (χ0v) is 20.2. The second-order valence-electron chi connectivity index (χ2n) is 7.86. The fraction of sp³-hybridized carbons (Fsp3) is 0.261. The van der Waals surface area contributed by atoms with Gasteiger partial charge in [-0.3, -0.25) is 9.79 Å². The van der Waals surface area contributed by atoms with Crippen LogP contribution in [0.1, 0.15) is 36.7 Å². The fourth-order valence-electron chi connectivity index (χ4n) is 3.97. The molecule has 0 atom stereocenters. The maximum Gasteiger partial charge on any atom is 0.524 e. The van der Waals surface area contributed by atoms with Crippen LogP contribution in [-0.4, -0.2) is 29.5 Å². The number of benzene rings is 2. The summed E-state index contributed by atoms with van der Waals surface area (Å²) in [6, 6.07) is 12.9. The Kier molecular flexibility index (Phi) is 7.07. The van der Waals surface area contributed by atoms with Crippen LogP contribution in [0.25, 0.3) is 21.9 Å². The van der Waals surface area contributed by atoms with E-state index < -0.39 is 7.82 Å². The number of para-hydroxylation sites is 1. The van der Waals surface area contributed by atoms with E-state index >= 15 is 0 Å². The molecule has 2 aromatic heterocycles. The molecule has 0 saturated heterocycles. The van der Waals surface area contributed by atoms with Gasteiger partial charge in [0.25, 0.3) is 0 Å². The van der Waals surface area contributed by atoms with Crippen LogP contribution in [-0.2, 0) is 24.1 Å². The highest BCUT2D eigenvalue weighted by Crippen LogP contribution is 2.40. The van der Waals surface area contributed by atoms with Gasteiger partial charge < -0.3 is 14.8 Å². The first-order chi connectivity index (χ1) is 16.3. The fourth-order valence-corrected chi connectivity index (χ4v) is 4.47. The molecule has 11 heteroatoms. The number of pyridine rings is 1. The number of aromatic nitrogens is 3. The first kappa shape index (κ1) is 24.0. The summed E-state index contributed by atoms with van der Waals surface area (Å²) in [5.41, 5.74) is 10.0. The van der Waals surface area contributed by atoms with Crippen LogP contribution in [0.4, 0.5) is 5.82 Å². The lowest BCUT2D eigenvalue weighted by Gasteiger charge is -2.14. The number of nitrogen functional groups attached to an aromatic ring is 1. The van der Waals surface area contributed by atoms with Gasteiger partial charge in [0.1, 0.15) is 17.1 Å². The van der Waals surface area contributed by atoms with Crippen LogP contribution in [0.3, 0.4) is 0 Å². The molecular weight excluding hydrogens is 473 g/mol. The van der Waals surface area contributed by atoms with Gasteiger partial charge >= 0.3 is 7.82 Å². The van der Waals surface area contributed by atoms with E-state index in [4.69, 9.17) is 15.2 Å². The van der Waals surface area contributed by atoms with Gasteiger partial charge in [0.05, 0.1) is 22.7 Å². The number of aryl methyl sites for hydroxylation is 1. The molecule has 4 aromatic rings. The largest absolute Gasteiger partial charge is 0.524 e. The Balaban J connectivity index is 1.86. The van der Waals surface area contributed by atoms with Gasteiger partial charge in [0.2, 0.25) is 0 Å². The number of aliphatic imine (C=N–C) groups is 1. The third-order valence-electron chi connectivity index (χ3n) is 5.44. The van der Waals surface area contributed by atoms with Crippen molar-refractivity contribution in [1.29, 1.82) is 0 Å². The molecule has 0 aliphatic rings. The number of hydrogen-bond donors (Lipinski definition) is 3. The summed E-state index contributed by atoms with van der Waals surface area (Å²) in [6.45, 7) is 2.67. The van der Waals surface area contributed by atoms with Crippen molar-refractivity contribution in [2.75, 3.05) is 5.73 Å². The van der Waals surface area contributed by atoms with Crippen LogP contribution in [0.2, 0.25) is 0 Å². The van der Waals surface area contributed by atoms with Crippen LogP contribution in [0.15, 0.2) is 47.5 Å². The number of isothiocyanates is 1. The minimum absolute atomic E-state index is 0.0478. The molecule has 0 fully saturated rings. The molecule has 0 bridgehead atoms. The highest BCUT2D eigenvalue weighted by atomic mass is 32.1. The minimum Gasteiger partial charge on any atom is -0.404 e. The topological polar surface area (TPSA) is 136 Å². The number of imidazole rings is 1. The molecule has 34 heavy (non-hydrogen) atoms. The molecule has 0 unspecified atom stereocenters. The molecule has 2 heterocycles. The number of phosphoric ester groups is 1.